The molecule has 1 rings (SSSR count). The minimum absolute atomic E-state index is 0.0754. The van der Waals surface area contributed by atoms with Crippen molar-refractivity contribution < 1.29 is 33.8 Å². The summed E-state index contributed by atoms with van der Waals surface area (Å²) in [6, 6.07) is 3.89. The number of phenolic OH excluding ortho intramolecular Hbond substituents is 1. The molecule has 0 aliphatic rings. The predicted molar refractivity (Wildman–Crippen MR) is 135 cm³/mol. The van der Waals surface area contributed by atoms with Gasteiger partial charge in [-0.25, -0.2) is 4.79 Å². The van der Waals surface area contributed by atoms with E-state index in [1.807, 2.05) is 0 Å². The van der Waals surface area contributed by atoms with Gasteiger partial charge >= 0.3 is 12.1 Å². The Morgan fingerprint density at radius 2 is 1.75 bits per heavy atom. The van der Waals surface area contributed by atoms with Crippen molar-refractivity contribution in [1.29, 1.82) is 0 Å². The molecule has 1 aromatic carbocycles. The minimum Gasteiger partial charge on any atom is -0.508 e. The number of ether oxygens (including phenoxy) is 2. The van der Waals surface area contributed by atoms with E-state index < -0.39 is 41.6 Å². The van der Waals surface area contributed by atoms with Gasteiger partial charge in [-0.15, -0.1) is 0 Å². The van der Waals surface area contributed by atoms with Crippen LogP contribution in [0.1, 0.15) is 78.3 Å². The monoisotopic (exact) mass is 507 g/mol. The summed E-state index contributed by atoms with van der Waals surface area (Å²) in [4.78, 5) is 52.2. The van der Waals surface area contributed by atoms with Crippen LogP contribution in [0.15, 0.2) is 24.3 Å². The van der Waals surface area contributed by atoms with E-state index in [9.17, 15) is 24.3 Å². The van der Waals surface area contributed by atoms with Crippen molar-refractivity contribution in [3.8, 4) is 5.75 Å². The van der Waals surface area contributed by atoms with E-state index in [4.69, 9.17) is 4.74 Å². The van der Waals surface area contributed by atoms with Gasteiger partial charge in [0.15, 0.2) is 0 Å². The van der Waals surface area contributed by atoms with E-state index in [0.29, 0.717) is 12.0 Å². The number of carbonyl (C=O) groups is 4. The van der Waals surface area contributed by atoms with Crippen molar-refractivity contribution in [3.63, 3.8) is 0 Å². The molecule has 0 saturated carbocycles. The maximum atomic E-state index is 13.6. The number of hydrogen-bond acceptors (Lipinski definition) is 7. The lowest BCUT2D eigenvalue weighted by molar-refractivity contribution is -0.144. The highest BCUT2D eigenvalue weighted by Crippen LogP contribution is 2.26. The van der Waals surface area contributed by atoms with Gasteiger partial charge in [-0.1, -0.05) is 44.7 Å². The maximum absolute atomic E-state index is 13.6. The number of hydrogen-bond donors (Lipinski definition) is 3. The zero-order chi connectivity index (χ0) is 27.3. The molecule has 0 heterocycles. The van der Waals surface area contributed by atoms with Crippen LogP contribution in [-0.4, -0.2) is 65.7 Å². The Hall–Kier alpha value is -3.30. The second-order valence-electron chi connectivity index (χ2n) is 9.61. The van der Waals surface area contributed by atoms with Crippen molar-refractivity contribution >= 4 is 23.9 Å². The topological polar surface area (TPSA) is 134 Å². The third-order valence-electron chi connectivity index (χ3n) is 5.27. The average molecular weight is 508 g/mol. The lowest BCUT2D eigenvalue weighted by Gasteiger charge is -2.33. The lowest BCUT2D eigenvalue weighted by atomic mass is 10.0. The summed E-state index contributed by atoms with van der Waals surface area (Å²) in [7, 11) is 1.21. The van der Waals surface area contributed by atoms with Gasteiger partial charge in [-0.2, -0.15) is 0 Å². The quantitative estimate of drug-likeness (QED) is 0.275. The number of carbonyl (C=O) groups excluding carboxylic acids is 4. The molecule has 2 atom stereocenters. The molecule has 0 radical (unpaired) electrons. The van der Waals surface area contributed by atoms with Gasteiger partial charge in [0.2, 0.25) is 11.8 Å². The first-order valence-corrected chi connectivity index (χ1v) is 12.3. The van der Waals surface area contributed by atoms with Gasteiger partial charge < -0.3 is 30.1 Å². The van der Waals surface area contributed by atoms with Crippen LogP contribution in [0.2, 0.25) is 0 Å². The van der Waals surface area contributed by atoms with Crippen molar-refractivity contribution in [2.75, 3.05) is 20.2 Å². The second kappa shape index (κ2) is 15.0. The minimum atomic E-state index is -1.15. The summed E-state index contributed by atoms with van der Waals surface area (Å²) < 4.78 is 9.87. The summed E-state index contributed by atoms with van der Waals surface area (Å²) >= 11 is 0. The second-order valence-corrected chi connectivity index (χ2v) is 9.61. The van der Waals surface area contributed by atoms with Crippen molar-refractivity contribution in [1.82, 2.24) is 15.5 Å². The van der Waals surface area contributed by atoms with Crippen LogP contribution in [0.3, 0.4) is 0 Å². The van der Waals surface area contributed by atoms with E-state index in [1.54, 1.807) is 32.9 Å². The van der Waals surface area contributed by atoms with E-state index in [0.717, 1.165) is 25.7 Å². The number of nitrogens with one attached hydrogen (secondary N) is 2. The molecule has 10 heteroatoms. The summed E-state index contributed by atoms with van der Waals surface area (Å²) in [6.07, 6.45) is 3.82. The number of methoxy groups -OCH3 is 1. The van der Waals surface area contributed by atoms with Crippen LogP contribution in [0.5, 0.6) is 5.75 Å². The molecule has 10 nitrogen and oxygen atoms in total. The van der Waals surface area contributed by atoms with E-state index in [1.165, 1.54) is 31.1 Å². The molecule has 0 aromatic heterocycles. The molecule has 0 fully saturated rings. The Morgan fingerprint density at radius 3 is 2.33 bits per heavy atom. The first-order valence-electron chi connectivity index (χ1n) is 12.3. The van der Waals surface area contributed by atoms with Crippen LogP contribution in [-0.2, 0) is 23.9 Å². The molecule has 0 bridgehead atoms. The Kier molecular flexibility index (Phi) is 12.8. The number of unbranched alkanes of at least 4 members (excludes halogenated alkanes) is 4. The van der Waals surface area contributed by atoms with Gasteiger partial charge in [-0.05, 0) is 51.8 Å². The van der Waals surface area contributed by atoms with E-state index in [2.05, 4.69) is 22.3 Å². The Labute approximate surface area is 213 Å². The average Bonchev–Trinajstić information content (AvgIpc) is 2.79. The van der Waals surface area contributed by atoms with E-state index >= 15 is 0 Å². The third kappa shape index (κ3) is 11.0. The fourth-order valence-corrected chi connectivity index (χ4v) is 3.54. The van der Waals surface area contributed by atoms with Crippen molar-refractivity contribution in [2.24, 2.45) is 0 Å². The molecule has 36 heavy (non-hydrogen) atoms. The summed E-state index contributed by atoms with van der Waals surface area (Å²) in [5, 5.41) is 15.1. The SMILES string of the molecule is CCCCCCCN(C(=O)C(C)NC(=O)OC(C)(C)C)C(C(=O)NCC(=O)OC)c1cccc(O)c1. The smallest absolute Gasteiger partial charge is 0.408 e. The van der Waals surface area contributed by atoms with Crippen LogP contribution in [0.4, 0.5) is 4.79 Å². The van der Waals surface area contributed by atoms with Crippen LogP contribution in [0.25, 0.3) is 0 Å². The normalized spacial score (nSPS) is 12.7. The Bertz CT molecular complexity index is 883. The lowest BCUT2D eigenvalue weighted by Crippen LogP contribution is -2.52. The highest BCUT2D eigenvalue weighted by molar-refractivity contribution is 5.93. The number of aromatic hydroxyl groups is 1. The largest absolute Gasteiger partial charge is 0.508 e. The standard InChI is InChI=1S/C26H41N3O7/c1-7-8-9-10-11-15-29(24(33)18(2)28-25(34)36-26(3,4)5)22(19-13-12-14-20(30)16-19)23(32)27-17-21(31)35-6/h12-14,16,18,22,30H,7-11,15,17H2,1-6H3,(H,27,32)(H,28,34). The number of amides is 3. The fraction of sp³-hybridized carbons (Fsp3) is 0.615. The molecule has 0 aliphatic heterocycles. The van der Waals surface area contributed by atoms with Crippen molar-refractivity contribution in [2.45, 2.75) is 84.4 Å². The number of benzene rings is 1. The van der Waals surface area contributed by atoms with Crippen LogP contribution < -0.4 is 10.6 Å². The third-order valence-corrected chi connectivity index (χ3v) is 5.27. The highest BCUT2D eigenvalue weighted by atomic mass is 16.6. The molecule has 3 amide bonds. The molecule has 0 saturated heterocycles. The fourth-order valence-electron chi connectivity index (χ4n) is 3.54. The zero-order valence-electron chi connectivity index (χ0n) is 22.3. The predicted octanol–water partition coefficient (Wildman–Crippen LogP) is 3.43. The van der Waals surface area contributed by atoms with Gasteiger partial charge in [-0.3, -0.25) is 14.4 Å². The van der Waals surface area contributed by atoms with Crippen LogP contribution in [0, 0.1) is 0 Å². The molecule has 1 aromatic rings. The number of nitrogens with zero attached hydrogens (tertiary/aromatic N) is 1. The number of esters is 1. The summed E-state index contributed by atoms with van der Waals surface area (Å²) in [6.45, 7) is 8.61. The highest BCUT2D eigenvalue weighted by Gasteiger charge is 2.34. The molecule has 0 aliphatic carbocycles. The molecule has 2 unspecified atom stereocenters. The maximum Gasteiger partial charge on any atom is 0.408 e. The van der Waals surface area contributed by atoms with E-state index in [-0.39, 0.29) is 18.8 Å². The van der Waals surface area contributed by atoms with Gasteiger partial charge in [0.1, 0.15) is 30.0 Å². The first kappa shape index (κ1) is 30.7. The number of rotatable bonds is 13. The summed E-state index contributed by atoms with van der Waals surface area (Å²) in [5.74, 6) is -1.83. The first-order chi connectivity index (χ1) is 16.9. The van der Waals surface area contributed by atoms with Gasteiger partial charge in [0, 0.05) is 6.54 Å². The summed E-state index contributed by atoms with van der Waals surface area (Å²) in [5.41, 5.74) is -0.382. The molecule has 0 spiro atoms. The Morgan fingerprint density at radius 1 is 1.08 bits per heavy atom. The van der Waals surface area contributed by atoms with Gasteiger partial charge in [0.05, 0.1) is 7.11 Å². The number of alkyl carbamates (subject to hydrolysis) is 1. The number of phenols is 1. The van der Waals surface area contributed by atoms with Gasteiger partial charge in [0.25, 0.3) is 0 Å². The molecule has 202 valence electrons. The Balaban J connectivity index is 3.28. The zero-order valence-corrected chi connectivity index (χ0v) is 22.3. The van der Waals surface area contributed by atoms with Crippen molar-refractivity contribution in [3.05, 3.63) is 29.8 Å². The molecule has 3 N–H and O–H groups in total. The molecular formula is C26H41N3O7. The molecular weight excluding hydrogens is 466 g/mol. The van der Waals surface area contributed by atoms with Crippen LogP contribution >= 0.6 is 0 Å².